The minimum atomic E-state index is -1.23. The zero-order valence-electron chi connectivity index (χ0n) is 19.0. The van der Waals surface area contributed by atoms with Crippen LogP contribution in [0.1, 0.15) is 13.8 Å². The van der Waals surface area contributed by atoms with Crippen LogP contribution in [0.5, 0.6) is 0 Å². The summed E-state index contributed by atoms with van der Waals surface area (Å²) in [6.07, 6.45) is 0. The van der Waals surface area contributed by atoms with Gasteiger partial charge in [-0.1, -0.05) is 91.0 Å². The fraction of sp³-hybridized carbons (Fsp3) is 0.138. The highest BCUT2D eigenvalue weighted by Gasteiger charge is 2.32. The molecule has 1 radical (unpaired) electrons. The first-order valence-electron chi connectivity index (χ1n) is 10.8. The van der Waals surface area contributed by atoms with Crippen LogP contribution in [-0.2, 0) is 14.4 Å². The molecule has 0 fully saturated rings. The second-order valence-electron chi connectivity index (χ2n) is 8.20. The van der Waals surface area contributed by atoms with Gasteiger partial charge in [-0.25, -0.2) is 9.63 Å². The Morgan fingerprint density at radius 2 is 1.09 bits per heavy atom. The van der Waals surface area contributed by atoms with Crippen molar-refractivity contribution in [3.63, 3.8) is 0 Å². The number of carbonyl (C=O) groups is 1. The summed E-state index contributed by atoms with van der Waals surface area (Å²) in [7, 11) is 1.34. The number of nitrogens with zero attached hydrogens (tertiary/aromatic N) is 1. The van der Waals surface area contributed by atoms with Crippen LogP contribution >= 0.6 is 0 Å². The number of benzene rings is 4. The minimum Gasteiger partial charge on any atom is -0.467 e. The van der Waals surface area contributed by atoms with Crippen LogP contribution in [-0.4, -0.2) is 18.7 Å². The van der Waals surface area contributed by atoms with Crippen LogP contribution in [0.3, 0.4) is 0 Å². The molecule has 4 nitrogen and oxygen atoms in total. The van der Waals surface area contributed by atoms with Crippen molar-refractivity contribution in [3.8, 4) is 33.4 Å². The summed E-state index contributed by atoms with van der Waals surface area (Å²) in [5.41, 5.74) is 9.97. The summed E-state index contributed by atoms with van der Waals surface area (Å²) in [5.74, 6) is -0.491. The first-order chi connectivity index (χ1) is 16.0. The molecule has 4 rings (SSSR count). The normalized spacial score (nSPS) is 11.1. The van der Waals surface area contributed by atoms with Crippen LogP contribution < -0.4 is 5.48 Å². The second kappa shape index (κ2) is 9.72. The number of hydrogen-bond acceptors (Lipinski definition) is 3. The van der Waals surface area contributed by atoms with Gasteiger partial charge in [-0.05, 0) is 48.2 Å². The SMILES string of the molecule is COC(=O)C(C)(C)O[N]c1c(-c2ccccc2)cc(-c2ccccc2)cc1-c1ccccc1. The van der Waals surface area contributed by atoms with Gasteiger partial charge in [0.1, 0.15) is 5.69 Å². The fourth-order valence-electron chi connectivity index (χ4n) is 3.65. The smallest absolute Gasteiger partial charge is 0.340 e. The monoisotopic (exact) mass is 436 g/mol. The van der Waals surface area contributed by atoms with Gasteiger partial charge in [-0.15, -0.1) is 5.48 Å². The van der Waals surface area contributed by atoms with E-state index >= 15 is 0 Å². The Hall–Kier alpha value is -3.89. The average Bonchev–Trinajstić information content (AvgIpc) is 2.88. The molecular weight excluding hydrogens is 410 g/mol. The molecule has 0 aromatic heterocycles. The molecule has 4 aromatic rings. The lowest BCUT2D eigenvalue weighted by Gasteiger charge is -2.23. The number of methoxy groups -OCH3 is 1. The third-order valence-corrected chi connectivity index (χ3v) is 5.43. The molecule has 0 atom stereocenters. The van der Waals surface area contributed by atoms with Crippen LogP contribution in [0, 0.1) is 0 Å². The second-order valence-corrected chi connectivity index (χ2v) is 8.20. The molecule has 0 aliphatic rings. The topological polar surface area (TPSA) is 49.6 Å². The van der Waals surface area contributed by atoms with Crippen molar-refractivity contribution >= 4 is 11.7 Å². The van der Waals surface area contributed by atoms with Crippen molar-refractivity contribution in [2.45, 2.75) is 19.4 Å². The van der Waals surface area contributed by atoms with Crippen molar-refractivity contribution in [1.82, 2.24) is 5.48 Å². The van der Waals surface area contributed by atoms with E-state index in [1.807, 2.05) is 78.9 Å². The largest absolute Gasteiger partial charge is 0.467 e. The highest BCUT2D eigenvalue weighted by atomic mass is 16.7. The first kappa shape index (κ1) is 22.3. The zero-order valence-corrected chi connectivity index (χ0v) is 19.0. The Morgan fingerprint density at radius 3 is 1.52 bits per heavy atom. The van der Waals surface area contributed by atoms with Gasteiger partial charge in [0, 0.05) is 11.1 Å². The number of carbonyl (C=O) groups excluding carboxylic acids is 1. The molecule has 4 heteroatoms. The van der Waals surface area contributed by atoms with Crippen molar-refractivity contribution < 1.29 is 14.4 Å². The Morgan fingerprint density at radius 1 is 0.667 bits per heavy atom. The summed E-state index contributed by atoms with van der Waals surface area (Å²) in [6, 6.07) is 34.6. The summed E-state index contributed by atoms with van der Waals surface area (Å²) < 4.78 is 4.89. The van der Waals surface area contributed by atoms with E-state index in [-0.39, 0.29) is 0 Å². The van der Waals surface area contributed by atoms with E-state index in [1.54, 1.807) is 13.8 Å². The molecular formula is C29H26NO3. The Labute approximate surface area is 194 Å². The van der Waals surface area contributed by atoms with Crippen LogP contribution in [0.25, 0.3) is 33.4 Å². The highest BCUT2D eigenvalue weighted by Crippen LogP contribution is 2.41. The van der Waals surface area contributed by atoms with Crippen molar-refractivity contribution in [2.75, 3.05) is 7.11 Å². The average molecular weight is 437 g/mol. The van der Waals surface area contributed by atoms with Crippen molar-refractivity contribution in [3.05, 3.63) is 103 Å². The van der Waals surface area contributed by atoms with Crippen molar-refractivity contribution in [2.24, 2.45) is 0 Å². The van der Waals surface area contributed by atoms with Gasteiger partial charge in [0.25, 0.3) is 0 Å². The lowest BCUT2D eigenvalue weighted by molar-refractivity contribution is -0.171. The Balaban J connectivity index is 1.93. The number of esters is 1. The molecule has 0 bridgehead atoms. The molecule has 0 saturated carbocycles. The summed E-state index contributed by atoms with van der Waals surface area (Å²) >= 11 is 0. The molecule has 0 heterocycles. The van der Waals surface area contributed by atoms with E-state index in [9.17, 15) is 4.79 Å². The lowest BCUT2D eigenvalue weighted by Crippen LogP contribution is -2.37. The summed E-state index contributed by atoms with van der Waals surface area (Å²) in [5, 5.41) is 0. The van der Waals surface area contributed by atoms with E-state index in [0.29, 0.717) is 5.69 Å². The molecule has 0 N–H and O–H groups in total. The van der Waals surface area contributed by atoms with E-state index in [1.165, 1.54) is 7.11 Å². The van der Waals surface area contributed by atoms with E-state index < -0.39 is 11.6 Å². The predicted octanol–water partition coefficient (Wildman–Crippen LogP) is 6.81. The Bertz CT molecular complexity index is 1160. The van der Waals surface area contributed by atoms with Crippen molar-refractivity contribution in [1.29, 1.82) is 0 Å². The summed E-state index contributed by atoms with van der Waals surface area (Å²) in [6.45, 7) is 3.29. The van der Waals surface area contributed by atoms with Gasteiger partial charge in [-0.3, -0.25) is 0 Å². The third-order valence-electron chi connectivity index (χ3n) is 5.43. The van der Waals surface area contributed by atoms with Crippen LogP contribution in [0.15, 0.2) is 103 Å². The molecule has 0 aliphatic heterocycles. The molecule has 0 saturated heterocycles. The van der Waals surface area contributed by atoms with Gasteiger partial charge in [0.15, 0.2) is 5.60 Å². The molecule has 0 aliphatic carbocycles. The number of rotatable bonds is 7. The molecule has 0 spiro atoms. The maximum absolute atomic E-state index is 12.2. The molecule has 33 heavy (non-hydrogen) atoms. The van der Waals surface area contributed by atoms with Crippen LogP contribution in [0.2, 0.25) is 0 Å². The van der Waals surface area contributed by atoms with Crippen LogP contribution in [0.4, 0.5) is 5.69 Å². The number of hydrogen-bond donors (Lipinski definition) is 0. The van der Waals surface area contributed by atoms with Gasteiger partial charge < -0.3 is 4.74 Å². The maximum Gasteiger partial charge on any atom is 0.340 e. The first-order valence-corrected chi connectivity index (χ1v) is 10.8. The third kappa shape index (κ3) is 4.97. The molecule has 165 valence electrons. The molecule has 0 amide bonds. The van der Waals surface area contributed by atoms with Gasteiger partial charge >= 0.3 is 5.97 Å². The fourth-order valence-corrected chi connectivity index (χ4v) is 3.65. The summed E-state index contributed by atoms with van der Waals surface area (Å²) in [4.78, 5) is 18.0. The van der Waals surface area contributed by atoms with E-state index in [2.05, 4.69) is 29.7 Å². The van der Waals surface area contributed by atoms with E-state index in [0.717, 1.165) is 33.4 Å². The predicted molar refractivity (Wildman–Crippen MR) is 132 cm³/mol. The number of ether oxygens (including phenoxy) is 1. The minimum absolute atomic E-state index is 0.491. The zero-order chi connectivity index (χ0) is 23.3. The van der Waals surface area contributed by atoms with Gasteiger partial charge in [0.2, 0.25) is 0 Å². The Kier molecular flexibility index (Phi) is 6.57. The maximum atomic E-state index is 12.2. The highest BCUT2D eigenvalue weighted by molar-refractivity contribution is 5.92. The van der Waals surface area contributed by atoms with E-state index in [4.69, 9.17) is 9.57 Å². The molecule has 4 aromatic carbocycles. The lowest BCUT2D eigenvalue weighted by atomic mass is 9.91. The quantitative estimate of drug-likeness (QED) is 0.236. The molecule has 0 unspecified atom stereocenters. The van der Waals surface area contributed by atoms with Gasteiger partial charge in [0.05, 0.1) is 7.11 Å². The standard InChI is InChI=1S/C29H26NO3/c1-29(2,28(31)32-3)33-30-27-25(22-15-9-5-10-16-22)19-24(21-13-7-4-8-14-21)20-26(27)23-17-11-6-12-18-23/h4-20H,1-3H3. The van der Waals surface area contributed by atoms with Gasteiger partial charge in [-0.2, -0.15) is 0 Å².